The number of nitrogens with zero attached hydrogens (tertiary/aromatic N) is 1. The second kappa shape index (κ2) is 8.11. The second-order valence-electron chi connectivity index (χ2n) is 7.99. The lowest BCUT2D eigenvalue weighted by molar-refractivity contribution is 1.18. The molecule has 2 heteroatoms. The van der Waals surface area contributed by atoms with Crippen molar-refractivity contribution in [2.75, 3.05) is 0 Å². The molecule has 0 aliphatic heterocycles. The van der Waals surface area contributed by atoms with E-state index in [9.17, 15) is 0 Å². The molecule has 0 N–H and O–H groups in total. The first-order valence-electron chi connectivity index (χ1n) is 10.9. The standard InChI is InChI=1S/C30H22NP/c1-3-9-24(10-4-1)31-29-14-8-7-13-27(29)28-21-23(17-20-30(28)31)22-15-18-26(19-16-22)32-25-11-5-2-6-12-25/h1-21,32H. The summed E-state index contributed by atoms with van der Waals surface area (Å²) in [6.45, 7) is 0. The third-order valence-corrected chi connectivity index (χ3v) is 7.21. The average molecular weight is 427 g/mol. The highest BCUT2D eigenvalue weighted by atomic mass is 31.1. The van der Waals surface area contributed by atoms with Crippen LogP contribution in [0.4, 0.5) is 0 Å². The van der Waals surface area contributed by atoms with Gasteiger partial charge in [0.2, 0.25) is 0 Å². The van der Waals surface area contributed by atoms with Crippen LogP contribution in [0.3, 0.4) is 0 Å². The molecule has 0 amide bonds. The Balaban J connectivity index is 1.43. The van der Waals surface area contributed by atoms with Crippen LogP contribution in [-0.4, -0.2) is 4.57 Å². The number of hydrogen-bond donors (Lipinski definition) is 0. The minimum Gasteiger partial charge on any atom is -0.309 e. The fourth-order valence-electron chi connectivity index (χ4n) is 4.44. The molecule has 6 aromatic rings. The molecule has 152 valence electrons. The van der Waals surface area contributed by atoms with Crippen molar-refractivity contribution in [1.82, 2.24) is 4.57 Å². The fraction of sp³-hybridized carbons (Fsp3) is 0. The molecule has 6 rings (SSSR count). The summed E-state index contributed by atoms with van der Waals surface area (Å²) in [7, 11) is 0.686. The van der Waals surface area contributed by atoms with Gasteiger partial charge in [-0.2, -0.15) is 0 Å². The number of fused-ring (bicyclic) bond motifs is 3. The van der Waals surface area contributed by atoms with Crippen LogP contribution in [0.5, 0.6) is 0 Å². The Hall–Kier alpha value is -3.67. The molecule has 0 saturated heterocycles. The van der Waals surface area contributed by atoms with Crippen molar-refractivity contribution in [2.45, 2.75) is 0 Å². The van der Waals surface area contributed by atoms with Gasteiger partial charge in [0.15, 0.2) is 0 Å². The van der Waals surface area contributed by atoms with Crippen molar-refractivity contribution < 1.29 is 0 Å². The van der Waals surface area contributed by atoms with Crippen molar-refractivity contribution in [2.24, 2.45) is 0 Å². The quantitative estimate of drug-likeness (QED) is 0.265. The van der Waals surface area contributed by atoms with Gasteiger partial charge in [-0.1, -0.05) is 106 Å². The van der Waals surface area contributed by atoms with Gasteiger partial charge in [0.05, 0.1) is 11.0 Å². The maximum atomic E-state index is 2.36. The lowest BCUT2D eigenvalue weighted by atomic mass is 10.0. The van der Waals surface area contributed by atoms with Crippen LogP contribution in [0.15, 0.2) is 127 Å². The van der Waals surface area contributed by atoms with E-state index in [4.69, 9.17) is 0 Å². The molecule has 32 heavy (non-hydrogen) atoms. The van der Waals surface area contributed by atoms with E-state index in [1.807, 2.05) is 0 Å². The Morgan fingerprint density at radius 2 is 1.03 bits per heavy atom. The van der Waals surface area contributed by atoms with E-state index in [1.54, 1.807) is 0 Å². The van der Waals surface area contributed by atoms with Gasteiger partial charge in [0.25, 0.3) is 0 Å². The zero-order valence-electron chi connectivity index (χ0n) is 17.6. The molecule has 5 aromatic carbocycles. The first-order valence-corrected chi connectivity index (χ1v) is 11.9. The van der Waals surface area contributed by atoms with Crippen molar-refractivity contribution in [1.29, 1.82) is 0 Å². The molecule has 0 radical (unpaired) electrons. The van der Waals surface area contributed by atoms with Crippen LogP contribution in [0, 0.1) is 0 Å². The molecule has 1 nitrogen and oxygen atoms in total. The van der Waals surface area contributed by atoms with E-state index in [2.05, 4.69) is 132 Å². The maximum Gasteiger partial charge on any atom is 0.0541 e. The van der Waals surface area contributed by atoms with E-state index in [-0.39, 0.29) is 0 Å². The summed E-state index contributed by atoms with van der Waals surface area (Å²) in [5, 5.41) is 5.31. The molecule has 0 spiro atoms. The Morgan fingerprint density at radius 3 is 1.81 bits per heavy atom. The molecule has 0 saturated carbocycles. The van der Waals surface area contributed by atoms with Crippen LogP contribution in [-0.2, 0) is 0 Å². The van der Waals surface area contributed by atoms with Gasteiger partial charge in [-0.15, -0.1) is 0 Å². The molecule has 0 bridgehead atoms. The van der Waals surface area contributed by atoms with E-state index in [0.717, 1.165) is 0 Å². The van der Waals surface area contributed by atoms with Crippen molar-refractivity contribution in [3.63, 3.8) is 0 Å². The van der Waals surface area contributed by atoms with Gasteiger partial charge < -0.3 is 4.57 Å². The molecule has 0 fully saturated rings. The Kier molecular flexibility index (Phi) is 4.83. The summed E-state index contributed by atoms with van der Waals surface area (Å²) in [4.78, 5) is 0. The highest BCUT2D eigenvalue weighted by Crippen LogP contribution is 2.34. The molecular formula is C30H22NP. The molecule has 1 atom stereocenters. The highest BCUT2D eigenvalue weighted by Gasteiger charge is 2.12. The Bertz CT molecular complexity index is 1510. The smallest absolute Gasteiger partial charge is 0.0541 e. The molecule has 1 aromatic heterocycles. The topological polar surface area (TPSA) is 4.93 Å². The molecule has 1 unspecified atom stereocenters. The Labute approximate surface area is 189 Å². The third kappa shape index (κ3) is 3.42. The maximum absolute atomic E-state index is 2.36. The first kappa shape index (κ1) is 19.0. The predicted octanol–water partition coefficient (Wildman–Crippen LogP) is 7.08. The molecule has 0 aliphatic rings. The summed E-state index contributed by atoms with van der Waals surface area (Å²) in [5.74, 6) is 0. The highest BCUT2D eigenvalue weighted by molar-refractivity contribution is 7.55. The van der Waals surface area contributed by atoms with Gasteiger partial charge in [0.1, 0.15) is 0 Å². The minimum absolute atomic E-state index is 0.686. The van der Waals surface area contributed by atoms with Gasteiger partial charge in [-0.05, 0) is 52.1 Å². The van der Waals surface area contributed by atoms with Gasteiger partial charge in [0, 0.05) is 16.5 Å². The SMILES string of the molecule is c1ccc(Pc2ccc(-c3ccc4c(c3)c3ccccc3n4-c3ccccc3)cc2)cc1. The van der Waals surface area contributed by atoms with E-state index >= 15 is 0 Å². The van der Waals surface area contributed by atoms with Crippen LogP contribution in [0.2, 0.25) is 0 Å². The number of hydrogen-bond acceptors (Lipinski definition) is 0. The van der Waals surface area contributed by atoms with Gasteiger partial charge >= 0.3 is 0 Å². The van der Waals surface area contributed by atoms with Crippen molar-refractivity contribution >= 4 is 41.0 Å². The van der Waals surface area contributed by atoms with Crippen molar-refractivity contribution in [3.05, 3.63) is 127 Å². The summed E-state index contributed by atoms with van der Waals surface area (Å²) < 4.78 is 2.36. The zero-order valence-corrected chi connectivity index (χ0v) is 18.6. The summed E-state index contributed by atoms with van der Waals surface area (Å²) in [5.41, 5.74) is 6.18. The fourth-order valence-corrected chi connectivity index (χ4v) is 5.47. The lowest BCUT2D eigenvalue weighted by Gasteiger charge is -2.08. The van der Waals surface area contributed by atoms with Crippen LogP contribution >= 0.6 is 8.58 Å². The third-order valence-electron chi connectivity index (χ3n) is 5.97. The van der Waals surface area contributed by atoms with Crippen LogP contribution in [0.1, 0.15) is 0 Å². The number of rotatable bonds is 4. The summed E-state index contributed by atoms with van der Waals surface area (Å²) >= 11 is 0. The van der Waals surface area contributed by atoms with E-state index in [0.29, 0.717) is 8.58 Å². The largest absolute Gasteiger partial charge is 0.309 e. The second-order valence-corrected chi connectivity index (χ2v) is 9.39. The molecule has 1 heterocycles. The number of aromatic nitrogens is 1. The predicted molar refractivity (Wildman–Crippen MR) is 140 cm³/mol. The summed E-state index contributed by atoms with van der Waals surface area (Å²) in [6, 6.07) is 45.9. The number of benzene rings is 5. The van der Waals surface area contributed by atoms with E-state index in [1.165, 1.54) is 49.2 Å². The molecule has 0 aliphatic carbocycles. The van der Waals surface area contributed by atoms with E-state index < -0.39 is 0 Å². The van der Waals surface area contributed by atoms with Gasteiger partial charge in [-0.25, -0.2) is 0 Å². The normalized spacial score (nSPS) is 11.6. The lowest BCUT2D eigenvalue weighted by Crippen LogP contribution is -2.02. The minimum atomic E-state index is 0.686. The van der Waals surface area contributed by atoms with Gasteiger partial charge in [-0.3, -0.25) is 0 Å². The summed E-state index contributed by atoms with van der Waals surface area (Å²) in [6.07, 6.45) is 0. The Morgan fingerprint density at radius 1 is 0.438 bits per heavy atom. The first-order chi connectivity index (χ1) is 15.9. The monoisotopic (exact) mass is 427 g/mol. The zero-order chi connectivity index (χ0) is 21.3. The number of para-hydroxylation sites is 2. The molecular weight excluding hydrogens is 405 g/mol. The average Bonchev–Trinajstić information content (AvgIpc) is 3.19. The van der Waals surface area contributed by atoms with Crippen molar-refractivity contribution in [3.8, 4) is 16.8 Å². The van der Waals surface area contributed by atoms with Crippen LogP contribution < -0.4 is 10.6 Å². The van der Waals surface area contributed by atoms with Crippen LogP contribution in [0.25, 0.3) is 38.6 Å².